The standard InChI is InChI=1S/C23H28BNO3S/c1-17(26)29-16-19(24-27-22(2,3)23(4,5)28-24)14-18-10-9-13-21(15-18)25-20-11-7-6-8-12-20/h6-15,25H,16H2,1-5H3. The summed E-state index contributed by atoms with van der Waals surface area (Å²) in [6.07, 6.45) is 2.06. The average Bonchev–Trinajstić information content (AvgIpc) is 2.87. The Morgan fingerprint density at radius 1 is 1.00 bits per heavy atom. The van der Waals surface area contributed by atoms with Crippen LogP contribution in [0.2, 0.25) is 0 Å². The molecule has 29 heavy (non-hydrogen) atoms. The molecule has 152 valence electrons. The van der Waals surface area contributed by atoms with E-state index >= 15 is 0 Å². The van der Waals surface area contributed by atoms with Crippen LogP contribution in [0, 0.1) is 0 Å². The molecule has 1 N–H and O–H groups in total. The van der Waals surface area contributed by atoms with Gasteiger partial charge in [0.15, 0.2) is 5.12 Å². The van der Waals surface area contributed by atoms with E-state index in [1.807, 2.05) is 76.2 Å². The first-order chi connectivity index (χ1) is 13.7. The van der Waals surface area contributed by atoms with Gasteiger partial charge in [0, 0.05) is 24.1 Å². The molecular weight excluding hydrogens is 381 g/mol. The summed E-state index contributed by atoms with van der Waals surface area (Å²) in [5, 5.41) is 3.49. The Kier molecular flexibility index (Phi) is 6.57. The van der Waals surface area contributed by atoms with E-state index in [1.165, 1.54) is 11.8 Å². The molecule has 0 aliphatic carbocycles. The minimum atomic E-state index is -0.474. The predicted octanol–water partition coefficient (Wildman–Crippen LogP) is 5.72. The van der Waals surface area contributed by atoms with E-state index < -0.39 is 18.3 Å². The van der Waals surface area contributed by atoms with Crippen LogP contribution in [0.5, 0.6) is 0 Å². The number of nitrogens with one attached hydrogen (secondary N) is 1. The second-order valence-corrected chi connectivity index (χ2v) is 9.36. The lowest BCUT2D eigenvalue weighted by Crippen LogP contribution is -2.41. The fourth-order valence-electron chi connectivity index (χ4n) is 2.97. The molecule has 0 aromatic heterocycles. The van der Waals surface area contributed by atoms with E-state index in [-0.39, 0.29) is 5.12 Å². The number of thioether (sulfide) groups is 1. The molecule has 6 heteroatoms. The van der Waals surface area contributed by atoms with Crippen molar-refractivity contribution < 1.29 is 14.1 Å². The molecule has 1 heterocycles. The van der Waals surface area contributed by atoms with Crippen molar-refractivity contribution in [1.82, 2.24) is 0 Å². The molecule has 0 bridgehead atoms. The van der Waals surface area contributed by atoms with Gasteiger partial charge in [0.1, 0.15) is 0 Å². The molecule has 0 amide bonds. The zero-order valence-electron chi connectivity index (χ0n) is 17.7. The van der Waals surface area contributed by atoms with E-state index in [9.17, 15) is 4.79 Å². The Morgan fingerprint density at radius 2 is 1.62 bits per heavy atom. The van der Waals surface area contributed by atoms with Gasteiger partial charge in [-0.05, 0) is 63.0 Å². The SMILES string of the molecule is CC(=O)SCC(=Cc1cccc(Nc2ccccc2)c1)B1OC(C)(C)C(C)(C)O1. The number of rotatable bonds is 6. The predicted molar refractivity (Wildman–Crippen MR) is 123 cm³/mol. The lowest BCUT2D eigenvalue weighted by Gasteiger charge is -2.32. The first kappa shape index (κ1) is 21.7. The number of hydrogen-bond acceptors (Lipinski definition) is 5. The molecule has 1 aliphatic rings. The van der Waals surface area contributed by atoms with Gasteiger partial charge in [0.2, 0.25) is 0 Å². The summed E-state index contributed by atoms with van der Waals surface area (Å²) in [6.45, 7) is 9.72. The maximum atomic E-state index is 11.6. The largest absolute Gasteiger partial charge is 0.491 e. The van der Waals surface area contributed by atoms with E-state index in [1.54, 1.807) is 6.92 Å². The highest BCUT2D eigenvalue weighted by atomic mass is 32.2. The molecule has 0 unspecified atom stereocenters. The van der Waals surface area contributed by atoms with E-state index in [0.717, 1.165) is 22.4 Å². The van der Waals surface area contributed by atoms with Gasteiger partial charge in [-0.15, -0.1) is 0 Å². The van der Waals surface area contributed by atoms with Crippen LogP contribution in [0.1, 0.15) is 40.2 Å². The van der Waals surface area contributed by atoms with Gasteiger partial charge in [-0.3, -0.25) is 4.79 Å². The number of benzene rings is 2. The maximum Gasteiger partial charge on any atom is 0.491 e. The summed E-state index contributed by atoms with van der Waals surface area (Å²) in [5.74, 6) is 0.530. The molecule has 2 aromatic carbocycles. The van der Waals surface area contributed by atoms with E-state index in [4.69, 9.17) is 9.31 Å². The van der Waals surface area contributed by atoms with Crippen LogP contribution in [0.3, 0.4) is 0 Å². The number of carbonyl (C=O) groups is 1. The number of carbonyl (C=O) groups excluding carboxylic acids is 1. The van der Waals surface area contributed by atoms with Crippen molar-refractivity contribution >= 4 is 41.4 Å². The molecule has 1 fully saturated rings. The Bertz CT molecular complexity index is 880. The summed E-state index contributed by atoms with van der Waals surface area (Å²) >= 11 is 1.27. The smallest absolute Gasteiger partial charge is 0.400 e. The third-order valence-corrected chi connectivity index (χ3v) is 6.18. The van der Waals surface area contributed by atoms with Crippen molar-refractivity contribution in [2.24, 2.45) is 0 Å². The normalized spacial score (nSPS) is 18.0. The van der Waals surface area contributed by atoms with Gasteiger partial charge >= 0.3 is 7.12 Å². The first-order valence-electron chi connectivity index (χ1n) is 9.78. The summed E-state index contributed by atoms with van der Waals surface area (Å²) in [4.78, 5) is 11.6. The number of para-hydroxylation sites is 1. The third-order valence-electron chi connectivity index (χ3n) is 5.30. The summed E-state index contributed by atoms with van der Waals surface area (Å²) in [6, 6.07) is 18.2. The molecule has 1 saturated heterocycles. The van der Waals surface area contributed by atoms with Crippen molar-refractivity contribution in [3.05, 3.63) is 65.6 Å². The van der Waals surface area contributed by atoms with Crippen molar-refractivity contribution in [3.63, 3.8) is 0 Å². The zero-order valence-corrected chi connectivity index (χ0v) is 18.5. The van der Waals surface area contributed by atoms with Crippen molar-refractivity contribution in [2.75, 3.05) is 11.1 Å². The van der Waals surface area contributed by atoms with Crippen LogP contribution in [-0.4, -0.2) is 29.2 Å². The summed E-state index contributed by atoms with van der Waals surface area (Å²) < 4.78 is 12.5. The van der Waals surface area contributed by atoms with Gasteiger partial charge in [-0.1, -0.05) is 48.2 Å². The van der Waals surface area contributed by atoms with Gasteiger partial charge in [0.25, 0.3) is 0 Å². The monoisotopic (exact) mass is 409 g/mol. The topological polar surface area (TPSA) is 47.6 Å². The van der Waals surface area contributed by atoms with Gasteiger partial charge in [0.05, 0.1) is 11.2 Å². The molecule has 0 atom stereocenters. The maximum absolute atomic E-state index is 11.6. The minimum Gasteiger partial charge on any atom is -0.400 e. The number of anilines is 2. The van der Waals surface area contributed by atoms with Gasteiger partial charge < -0.3 is 14.6 Å². The second-order valence-electron chi connectivity index (χ2n) is 8.20. The van der Waals surface area contributed by atoms with Crippen molar-refractivity contribution in [1.29, 1.82) is 0 Å². The first-order valence-corrected chi connectivity index (χ1v) is 10.8. The Labute approximate surface area is 178 Å². The lowest BCUT2D eigenvalue weighted by atomic mass is 9.78. The Balaban J connectivity index is 1.86. The van der Waals surface area contributed by atoms with Gasteiger partial charge in [-0.25, -0.2) is 0 Å². The molecule has 3 rings (SSSR count). The average molecular weight is 409 g/mol. The third kappa shape index (κ3) is 5.53. The second kappa shape index (κ2) is 8.78. The fraction of sp³-hybridized carbons (Fsp3) is 0.348. The van der Waals surface area contributed by atoms with Crippen LogP contribution in [-0.2, 0) is 14.1 Å². The van der Waals surface area contributed by atoms with Crippen LogP contribution in [0.25, 0.3) is 6.08 Å². The van der Waals surface area contributed by atoms with Crippen LogP contribution in [0.15, 0.2) is 60.1 Å². The van der Waals surface area contributed by atoms with Crippen LogP contribution >= 0.6 is 11.8 Å². The Hall–Kier alpha value is -2.02. The highest BCUT2D eigenvalue weighted by Gasteiger charge is 2.52. The van der Waals surface area contributed by atoms with Crippen molar-refractivity contribution in [2.45, 2.75) is 45.8 Å². The molecule has 1 aliphatic heterocycles. The quantitative estimate of drug-likeness (QED) is 0.618. The lowest BCUT2D eigenvalue weighted by molar-refractivity contribution is -0.109. The highest BCUT2D eigenvalue weighted by Crippen LogP contribution is 2.39. The van der Waals surface area contributed by atoms with Crippen LogP contribution < -0.4 is 5.32 Å². The number of hydrogen-bond donors (Lipinski definition) is 1. The molecule has 0 saturated carbocycles. The van der Waals surface area contributed by atoms with E-state index in [0.29, 0.717) is 5.75 Å². The van der Waals surface area contributed by atoms with Crippen LogP contribution in [0.4, 0.5) is 11.4 Å². The molecular formula is C23H28BNO3S. The zero-order chi connectivity index (χ0) is 21.1. The fourth-order valence-corrected chi connectivity index (χ4v) is 3.55. The minimum absolute atomic E-state index is 0.0758. The van der Waals surface area contributed by atoms with Gasteiger partial charge in [-0.2, -0.15) is 0 Å². The molecule has 2 aromatic rings. The Morgan fingerprint density at radius 3 is 2.24 bits per heavy atom. The summed E-state index contributed by atoms with van der Waals surface area (Å²) in [5.41, 5.74) is 3.16. The van der Waals surface area contributed by atoms with E-state index in [2.05, 4.69) is 17.5 Å². The highest BCUT2D eigenvalue weighted by molar-refractivity contribution is 8.13. The molecule has 0 radical (unpaired) electrons. The summed E-state index contributed by atoms with van der Waals surface area (Å²) in [7, 11) is -0.474. The van der Waals surface area contributed by atoms with Crippen molar-refractivity contribution in [3.8, 4) is 0 Å². The molecule has 0 spiro atoms. The molecule has 4 nitrogen and oxygen atoms in total.